The standard InChI is InChI=1S/C28H27N5OS/c1-20-4-12-24(13-5-20)30-28-31-26(19-35-28)22-8-10-23(11-9-22)27(34)32-29-18-21-6-14-25(15-7-21)33-16-2-3-17-33/h4-15,18-19H,2-3,16-17H2,1H3,(H,30,31)(H,32,34)/b29-18-. The van der Waals surface area contributed by atoms with Gasteiger partial charge in [0, 0.05) is 41.0 Å². The molecule has 0 radical (unpaired) electrons. The van der Waals surface area contributed by atoms with Crippen molar-refractivity contribution in [3.8, 4) is 11.3 Å². The van der Waals surface area contributed by atoms with Crippen LogP contribution < -0.4 is 15.6 Å². The molecule has 2 heterocycles. The molecule has 0 saturated carbocycles. The largest absolute Gasteiger partial charge is 0.372 e. The summed E-state index contributed by atoms with van der Waals surface area (Å²) < 4.78 is 0. The average molecular weight is 482 g/mol. The molecular formula is C28H27N5OS. The number of hydrazone groups is 1. The Morgan fingerprint density at radius 3 is 2.40 bits per heavy atom. The molecule has 1 aliphatic rings. The summed E-state index contributed by atoms with van der Waals surface area (Å²) in [6.07, 6.45) is 4.18. The van der Waals surface area contributed by atoms with Crippen LogP contribution in [0, 0.1) is 6.92 Å². The number of hydrogen-bond acceptors (Lipinski definition) is 6. The second kappa shape index (κ2) is 10.5. The molecular weight excluding hydrogens is 454 g/mol. The number of aryl methyl sites for hydroxylation is 1. The average Bonchev–Trinajstić information content (AvgIpc) is 3.59. The molecule has 4 aromatic rings. The Kier molecular flexibility index (Phi) is 6.86. The number of benzene rings is 3. The topological polar surface area (TPSA) is 69.6 Å². The maximum absolute atomic E-state index is 12.5. The Hall–Kier alpha value is -3.97. The number of aromatic nitrogens is 1. The number of carbonyl (C=O) groups excluding carboxylic acids is 1. The Morgan fingerprint density at radius 2 is 1.69 bits per heavy atom. The maximum Gasteiger partial charge on any atom is 0.271 e. The predicted octanol–water partition coefficient (Wildman–Crippen LogP) is 6.23. The maximum atomic E-state index is 12.5. The van der Waals surface area contributed by atoms with Gasteiger partial charge in [-0.05, 0) is 61.7 Å². The molecule has 0 aliphatic carbocycles. The predicted molar refractivity (Wildman–Crippen MR) is 145 cm³/mol. The second-order valence-electron chi connectivity index (χ2n) is 8.59. The van der Waals surface area contributed by atoms with Crippen molar-refractivity contribution in [3.05, 3.63) is 94.9 Å². The van der Waals surface area contributed by atoms with Crippen LogP contribution in [0.2, 0.25) is 0 Å². The SMILES string of the molecule is Cc1ccc(Nc2nc(-c3ccc(C(=O)N/N=C\c4ccc(N5CCCC5)cc4)cc3)cs2)cc1. The van der Waals surface area contributed by atoms with E-state index in [1.807, 2.05) is 41.8 Å². The lowest BCUT2D eigenvalue weighted by Crippen LogP contribution is -2.18. The molecule has 5 rings (SSSR count). The third kappa shape index (κ3) is 5.75. The molecule has 6 nitrogen and oxygen atoms in total. The first kappa shape index (κ1) is 22.8. The van der Waals surface area contributed by atoms with Crippen LogP contribution in [0.25, 0.3) is 11.3 Å². The Bertz CT molecular complexity index is 1300. The number of nitrogens with one attached hydrogen (secondary N) is 2. The molecule has 1 saturated heterocycles. The highest BCUT2D eigenvalue weighted by atomic mass is 32.1. The van der Waals surface area contributed by atoms with Crippen molar-refractivity contribution < 1.29 is 4.79 Å². The van der Waals surface area contributed by atoms with Crippen LogP contribution >= 0.6 is 11.3 Å². The fraction of sp³-hybridized carbons (Fsp3) is 0.179. The van der Waals surface area contributed by atoms with Crippen molar-refractivity contribution in [2.24, 2.45) is 5.10 Å². The lowest BCUT2D eigenvalue weighted by Gasteiger charge is -2.17. The van der Waals surface area contributed by atoms with Crippen LogP contribution in [0.1, 0.15) is 34.3 Å². The minimum Gasteiger partial charge on any atom is -0.372 e. The minimum absolute atomic E-state index is 0.249. The molecule has 1 fully saturated rings. The quantitative estimate of drug-likeness (QED) is 0.243. The van der Waals surface area contributed by atoms with Crippen molar-refractivity contribution in [1.29, 1.82) is 0 Å². The van der Waals surface area contributed by atoms with Gasteiger partial charge in [-0.3, -0.25) is 4.79 Å². The first-order valence-electron chi connectivity index (χ1n) is 11.7. The van der Waals surface area contributed by atoms with Crippen molar-refractivity contribution in [1.82, 2.24) is 10.4 Å². The number of nitrogens with zero attached hydrogens (tertiary/aromatic N) is 3. The van der Waals surface area contributed by atoms with Crippen molar-refractivity contribution in [2.75, 3.05) is 23.3 Å². The number of carbonyl (C=O) groups is 1. The zero-order valence-corrected chi connectivity index (χ0v) is 20.4. The van der Waals surface area contributed by atoms with E-state index in [1.54, 1.807) is 29.7 Å². The van der Waals surface area contributed by atoms with Gasteiger partial charge in [-0.2, -0.15) is 5.10 Å². The normalized spacial score (nSPS) is 13.3. The first-order valence-corrected chi connectivity index (χ1v) is 12.6. The number of hydrogen-bond donors (Lipinski definition) is 2. The van der Waals surface area contributed by atoms with Gasteiger partial charge < -0.3 is 10.2 Å². The molecule has 3 aromatic carbocycles. The number of anilines is 3. The molecule has 2 N–H and O–H groups in total. The Labute approximate surface area is 209 Å². The molecule has 35 heavy (non-hydrogen) atoms. The van der Waals surface area contributed by atoms with E-state index in [0.29, 0.717) is 5.56 Å². The van der Waals surface area contributed by atoms with E-state index >= 15 is 0 Å². The summed E-state index contributed by atoms with van der Waals surface area (Å²) >= 11 is 1.55. The van der Waals surface area contributed by atoms with Crippen LogP contribution in [0.4, 0.5) is 16.5 Å². The molecule has 7 heteroatoms. The van der Waals surface area contributed by atoms with Gasteiger partial charge >= 0.3 is 0 Å². The van der Waals surface area contributed by atoms with Crippen LogP contribution in [0.5, 0.6) is 0 Å². The summed E-state index contributed by atoms with van der Waals surface area (Å²) in [5.41, 5.74) is 9.39. The van der Waals surface area contributed by atoms with Crippen molar-refractivity contribution in [2.45, 2.75) is 19.8 Å². The van der Waals surface area contributed by atoms with Gasteiger partial charge in [-0.1, -0.05) is 42.0 Å². The lowest BCUT2D eigenvalue weighted by molar-refractivity contribution is 0.0955. The highest BCUT2D eigenvalue weighted by molar-refractivity contribution is 7.14. The van der Waals surface area contributed by atoms with Gasteiger partial charge in [0.15, 0.2) is 5.13 Å². The van der Waals surface area contributed by atoms with Crippen LogP contribution in [-0.4, -0.2) is 30.2 Å². The van der Waals surface area contributed by atoms with Crippen LogP contribution in [0.3, 0.4) is 0 Å². The molecule has 0 spiro atoms. The van der Waals surface area contributed by atoms with Gasteiger partial charge in [0.05, 0.1) is 11.9 Å². The van der Waals surface area contributed by atoms with E-state index in [2.05, 4.69) is 56.9 Å². The van der Waals surface area contributed by atoms with E-state index in [0.717, 1.165) is 40.7 Å². The van der Waals surface area contributed by atoms with Gasteiger partial charge in [-0.25, -0.2) is 10.4 Å². The number of thiazole rings is 1. The summed E-state index contributed by atoms with van der Waals surface area (Å²) in [7, 11) is 0. The van der Waals surface area contributed by atoms with Gasteiger partial charge in [0.25, 0.3) is 5.91 Å². The van der Waals surface area contributed by atoms with Crippen LogP contribution in [-0.2, 0) is 0 Å². The molecule has 1 amide bonds. The highest BCUT2D eigenvalue weighted by Gasteiger charge is 2.12. The fourth-order valence-electron chi connectivity index (χ4n) is 3.99. The number of amides is 1. The van der Waals surface area contributed by atoms with E-state index in [-0.39, 0.29) is 5.91 Å². The van der Waals surface area contributed by atoms with E-state index in [1.165, 1.54) is 24.1 Å². The number of rotatable bonds is 7. The molecule has 1 aliphatic heterocycles. The lowest BCUT2D eigenvalue weighted by atomic mass is 10.1. The smallest absolute Gasteiger partial charge is 0.271 e. The summed E-state index contributed by atoms with van der Waals surface area (Å²) in [6.45, 7) is 4.31. The zero-order chi connectivity index (χ0) is 24.0. The minimum atomic E-state index is -0.249. The van der Waals surface area contributed by atoms with Crippen molar-refractivity contribution >= 4 is 40.0 Å². The molecule has 1 aromatic heterocycles. The molecule has 0 unspecified atom stereocenters. The second-order valence-corrected chi connectivity index (χ2v) is 9.45. The van der Waals surface area contributed by atoms with Gasteiger partial charge in [0.1, 0.15) is 0 Å². The van der Waals surface area contributed by atoms with Gasteiger partial charge in [-0.15, -0.1) is 11.3 Å². The molecule has 0 atom stereocenters. The van der Waals surface area contributed by atoms with E-state index < -0.39 is 0 Å². The summed E-state index contributed by atoms with van der Waals surface area (Å²) in [5.74, 6) is -0.249. The van der Waals surface area contributed by atoms with E-state index in [9.17, 15) is 4.79 Å². The molecule has 0 bridgehead atoms. The third-order valence-corrected chi connectivity index (χ3v) is 6.75. The first-order chi connectivity index (χ1) is 17.1. The van der Waals surface area contributed by atoms with E-state index in [4.69, 9.17) is 0 Å². The Morgan fingerprint density at radius 1 is 0.971 bits per heavy atom. The summed E-state index contributed by atoms with van der Waals surface area (Å²) in [4.78, 5) is 19.5. The van der Waals surface area contributed by atoms with Crippen LogP contribution in [0.15, 0.2) is 83.3 Å². The summed E-state index contributed by atoms with van der Waals surface area (Å²) in [5, 5.41) is 10.3. The summed E-state index contributed by atoms with van der Waals surface area (Å²) in [6, 6.07) is 23.8. The fourth-order valence-corrected chi connectivity index (χ4v) is 4.73. The third-order valence-electron chi connectivity index (χ3n) is 5.99. The molecule has 176 valence electrons. The Balaban J connectivity index is 1.16. The van der Waals surface area contributed by atoms with Gasteiger partial charge in [0.2, 0.25) is 0 Å². The monoisotopic (exact) mass is 481 g/mol. The highest BCUT2D eigenvalue weighted by Crippen LogP contribution is 2.27. The van der Waals surface area contributed by atoms with Crippen molar-refractivity contribution in [3.63, 3.8) is 0 Å². The zero-order valence-electron chi connectivity index (χ0n) is 19.6.